The van der Waals surface area contributed by atoms with E-state index in [0.29, 0.717) is 16.1 Å². The summed E-state index contributed by atoms with van der Waals surface area (Å²) < 4.78 is 34.7. The van der Waals surface area contributed by atoms with Crippen LogP contribution in [-0.2, 0) is 25.2 Å². The number of benzene rings is 3. The van der Waals surface area contributed by atoms with E-state index in [1.807, 2.05) is 45.0 Å². The zero-order valence-corrected chi connectivity index (χ0v) is 19.7. The molecule has 1 aliphatic heterocycles. The second kappa shape index (κ2) is 8.35. The largest absolute Gasteiger partial charge is 0.332 e. The van der Waals surface area contributed by atoms with Crippen LogP contribution in [0.3, 0.4) is 0 Å². The number of carbonyl (C=O) groups excluding carboxylic acids is 1. The topological polar surface area (TPSA) is 63.7 Å². The summed E-state index contributed by atoms with van der Waals surface area (Å²) in [7, 11) is -4.22. The number of hydrogen-bond donors (Lipinski definition) is 0. The molecule has 7 heteroatoms. The van der Waals surface area contributed by atoms with Gasteiger partial charge in [-0.15, -0.1) is 0 Å². The molecule has 1 amide bonds. The first-order chi connectivity index (χ1) is 15.2. The summed E-state index contributed by atoms with van der Waals surface area (Å²) in [6, 6.07) is 20.6. The molecular formula is C25H24ClNO4S. The number of ether oxygens (including phenoxy) is 1. The van der Waals surface area contributed by atoms with E-state index in [2.05, 4.69) is 0 Å². The van der Waals surface area contributed by atoms with Gasteiger partial charge in [0.1, 0.15) is 0 Å². The smallest absolute Gasteiger partial charge is 0.275 e. The Morgan fingerprint density at radius 1 is 0.938 bits per heavy atom. The van der Waals surface area contributed by atoms with E-state index in [1.165, 1.54) is 12.1 Å². The van der Waals surface area contributed by atoms with Gasteiger partial charge in [0.15, 0.2) is 11.8 Å². The van der Waals surface area contributed by atoms with E-state index in [-0.39, 0.29) is 11.3 Å². The third-order valence-corrected chi connectivity index (χ3v) is 7.92. The van der Waals surface area contributed by atoms with Crippen molar-refractivity contribution >= 4 is 27.5 Å². The highest BCUT2D eigenvalue weighted by Crippen LogP contribution is 2.49. The molecule has 1 heterocycles. The molecule has 5 nitrogen and oxygen atoms in total. The van der Waals surface area contributed by atoms with Crippen molar-refractivity contribution in [3.63, 3.8) is 0 Å². The number of carbonyl (C=O) groups is 1. The molecule has 2 atom stereocenters. The lowest BCUT2D eigenvalue weighted by Crippen LogP contribution is -2.41. The van der Waals surface area contributed by atoms with Gasteiger partial charge in [-0.1, -0.05) is 84.2 Å². The Hall–Kier alpha value is -2.67. The highest BCUT2D eigenvalue weighted by Gasteiger charge is 2.58. The van der Waals surface area contributed by atoms with Gasteiger partial charge < -0.3 is 4.74 Å². The average Bonchev–Trinajstić information content (AvgIpc) is 3.08. The van der Waals surface area contributed by atoms with E-state index in [9.17, 15) is 13.2 Å². The maximum Gasteiger partial charge on any atom is 0.275 e. The lowest BCUT2D eigenvalue weighted by atomic mass is 9.90. The van der Waals surface area contributed by atoms with Gasteiger partial charge in [0.05, 0.1) is 4.90 Å². The predicted molar refractivity (Wildman–Crippen MR) is 124 cm³/mol. The molecule has 0 aromatic heterocycles. The van der Waals surface area contributed by atoms with Gasteiger partial charge in [0.25, 0.3) is 15.9 Å². The fraction of sp³-hybridized carbons (Fsp3) is 0.240. The molecule has 0 saturated carbocycles. The molecule has 0 spiro atoms. The quantitative estimate of drug-likeness (QED) is 0.494. The van der Waals surface area contributed by atoms with Crippen molar-refractivity contribution in [2.45, 2.75) is 43.9 Å². The van der Waals surface area contributed by atoms with Crippen LogP contribution in [0.25, 0.3) is 0 Å². The Morgan fingerprint density at radius 2 is 1.50 bits per heavy atom. The number of halogens is 1. The van der Waals surface area contributed by atoms with Crippen LogP contribution in [0.4, 0.5) is 0 Å². The first-order valence-corrected chi connectivity index (χ1v) is 12.2. The van der Waals surface area contributed by atoms with Crippen LogP contribution in [0.15, 0.2) is 77.7 Å². The molecule has 0 aliphatic carbocycles. The molecule has 1 aliphatic rings. The Labute approximate surface area is 193 Å². The summed E-state index contributed by atoms with van der Waals surface area (Å²) in [5.41, 5.74) is 1.51. The van der Waals surface area contributed by atoms with Crippen LogP contribution in [0.5, 0.6) is 0 Å². The van der Waals surface area contributed by atoms with Gasteiger partial charge in [-0.25, -0.2) is 12.7 Å². The molecule has 1 fully saturated rings. The Bertz CT molecular complexity index is 1260. The summed E-state index contributed by atoms with van der Waals surface area (Å²) in [4.78, 5) is 13.9. The lowest BCUT2D eigenvalue weighted by molar-refractivity contribution is -0.137. The third kappa shape index (κ3) is 3.62. The Morgan fingerprint density at radius 3 is 2.06 bits per heavy atom. The van der Waals surface area contributed by atoms with Gasteiger partial charge in [0.2, 0.25) is 0 Å². The predicted octanol–water partition coefficient (Wildman–Crippen LogP) is 5.51. The fourth-order valence-corrected chi connectivity index (χ4v) is 5.66. The molecule has 0 unspecified atom stereocenters. The van der Waals surface area contributed by atoms with Gasteiger partial charge in [-0.05, 0) is 44.0 Å². The van der Waals surface area contributed by atoms with Gasteiger partial charge in [-0.3, -0.25) is 4.79 Å². The first-order valence-electron chi connectivity index (χ1n) is 10.4. The highest BCUT2D eigenvalue weighted by atomic mass is 35.5. The highest BCUT2D eigenvalue weighted by molar-refractivity contribution is 7.89. The van der Waals surface area contributed by atoms with E-state index in [0.717, 1.165) is 15.4 Å². The summed E-state index contributed by atoms with van der Waals surface area (Å²) in [5.74, 6) is -0.630. The minimum Gasteiger partial charge on any atom is -0.332 e. The monoisotopic (exact) mass is 469 g/mol. The van der Waals surface area contributed by atoms with Crippen molar-refractivity contribution < 1.29 is 17.9 Å². The average molecular weight is 470 g/mol. The number of nitrogens with zero attached hydrogens (tertiary/aromatic N) is 1. The molecule has 1 saturated heterocycles. The zero-order chi connectivity index (χ0) is 23.1. The lowest BCUT2D eigenvalue weighted by Gasteiger charge is -2.25. The van der Waals surface area contributed by atoms with Gasteiger partial charge >= 0.3 is 0 Å². The number of sulfonamides is 1. The summed E-state index contributed by atoms with van der Waals surface area (Å²) in [6.45, 7) is 5.62. The number of amides is 1. The fourth-order valence-electron chi connectivity index (χ4n) is 3.95. The molecular weight excluding hydrogens is 446 g/mol. The van der Waals surface area contributed by atoms with Crippen LogP contribution in [0, 0.1) is 13.8 Å². The Balaban J connectivity index is 1.92. The third-order valence-electron chi connectivity index (χ3n) is 5.84. The molecule has 3 aromatic rings. The van der Waals surface area contributed by atoms with Crippen LogP contribution < -0.4 is 0 Å². The number of hydrogen-bond acceptors (Lipinski definition) is 4. The number of rotatable bonds is 5. The van der Waals surface area contributed by atoms with Crippen molar-refractivity contribution in [1.82, 2.24) is 4.31 Å². The molecule has 3 aromatic carbocycles. The van der Waals surface area contributed by atoms with Crippen molar-refractivity contribution in [1.29, 1.82) is 0 Å². The van der Waals surface area contributed by atoms with Crippen molar-refractivity contribution in [3.05, 3.63) is 100 Å². The normalized spacial score (nSPS) is 21.2. The van der Waals surface area contributed by atoms with E-state index >= 15 is 0 Å². The second-order valence-corrected chi connectivity index (χ2v) is 10.2. The van der Waals surface area contributed by atoms with Crippen LogP contribution in [0.2, 0.25) is 5.02 Å². The molecule has 32 heavy (non-hydrogen) atoms. The maximum absolute atomic E-state index is 13.9. The Kier molecular flexibility index (Phi) is 5.88. The van der Waals surface area contributed by atoms with Crippen LogP contribution >= 0.6 is 11.6 Å². The van der Waals surface area contributed by atoms with Crippen LogP contribution in [-0.4, -0.2) is 18.6 Å². The van der Waals surface area contributed by atoms with E-state index in [1.54, 1.807) is 36.4 Å². The second-order valence-electron chi connectivity index (χ2n) is 7.96. The zero-order valence-electron chi connectivity index (χ0n) is 18.1. The minimum absolute atomic E-state index is 0.0212. The van der Waals surface area contributed by atoms with E-state index < -0.39 is 27.8 Å². The first kappa shape index (κ1) is 22.5. The molecule has 166 valence electrons. The van der Waals surface area contributed by atoms with Gasteiger partial charge in [0, 0.05) is 10.6 Å². The van der Waals surface area contributed by atoms with Crippen LogP contribution in [0.1, 0.15) is 41.8 Å². The SMILES string of the molecule is CC[C@@]1(c2ccc(C)cc2)O[C@H](c2ccccc2Cl)N(S(=O)(=O)c2ccc(C)cc2)C1=O. The summed E-state index contributed by atoms with van der Waals surface area (Å²) in [5, 5.41) is 0.324. The summed E-state index contributed by atoms with van der Waals surface area (Å²) >= 11 is 6.42. The molecule has 0 radical (unpaired) electrons. The van der Waals surface area contributed by atoms with Gasteiger partial charge in [-0.2, -0.15) is 0 Å². The molecule has 0 N–H and O–H groups in total. The molecule has 4 rings (SSSR count). The maximum atomic E-state index is 13.9. The number of aryl methyl sites for hydroxylation is 2. The van der Waals surface area contributed by atoms with Crippen molar-refractivity contribution in [2.75, 3.05) is 0 Å². The summed E-state index contributed by atoms with van der Waals surface area (Å²) in [6.07, 6.45) is -0.931. The standard InChI is InChI=1S/C25H24ClNO4S/c1-4-25(19-13-9-17(2)10-14-19)24(28)27(23(31-25)21-7-5-6-8-22(21)26)32(29,30)20-15-11-18(3)12-16-20/h5-16,23H,4H2,1-3H3/t23-,25+/m1/s1. The minimum atomic E-state index is -4.22. The van der Waals surface area contributed by atoms with E-state index in [4.69, 9.17) is 16.3 Å². The molecule has 0 bridgehead atoms. The van der Waals surface area contributed by atoms with Crippen molar-refractivity contribution in [3.8, 4) is 0 Å². The van der Waals surface area contributed by atoms with Crippen molar-refractivity contribution in [2.24, 2.45) is 0 Å².